The van der Waals surface area contributed by atoms with Crippen molar-refractivity contribution in [2.24, 2.45) is 0 Å². The van der Waals surface area contributed by atoms with E-state index in [1.54, 1.807) is 0 Å². The molecule has 0 N–H and O–H groups in total. The Balaban J connectivity index is 1.12. The zero-order valence-electron chi connectivity index (χ0n) is 35.9. The zero-order chi connectivity index (χ0) is 43.3. The Morgan fingerprint density at radius 1 is 0.409 bits per heavy atom. The molecule has 0 saturated carbocycles. The Morgan fingerprint density at radius 3 is 1.70 bits per heavy atom. The van der Waals surface area contributed by atoms with Gasteiger partial charge in [-0.3, -0.25) is 0 Å². The van der Waals surface area contributed by atoms with E-state index in [0.29, 0.717) is 0 Å². The molecule has 14 rings (SSSR count). The van der Waals surface area contributed by atoms with Gasteiger partial charge in [0.25, 0.3) is 0 Å². The molecule has 0 radical (unpaired) electrons. The van der Waals surface area contributed by atoms with Gasteiger partial charge in [0.1, 0.15) is 11.9 Å². The van der Waals surface area contributed by atoms with Gasteiger partial charge in [0.2, 0.25) is 0 Å². The van der Waals surface area contributed by atoms with Crippen LogP contribution in [0.3, 0.4) is 0 Å². The van der Waals surface area contributed by atoms with Gasteiger partial charge in [-0.2, -0.15) is 0 Å². The van der Waals surface area contributed by atoms with Crippen LogP contribution in [0.4, 0.5) is 34.1 Å². The summed E-state index contributed by atoms with van der Waals surface area (Å²) in [5.41, 5.74) is 16.2. The number of benzene rings is 9. The maximum Gasteiger partial charge on any atom is 0.332 e. The van der Waals surface area contributed by atoms with E-state index in [1.807, 2.05) is 0 Å². The van der Waals surface area contributed by atoms with Crippen molar-refractivity contribution in [3.63, 3.8) is 0 Å². The number of hydrogen-bond donors (Lipinski definition) is 0. The highest BCUT2D eigenvalue weighted by atomic mass is 16.5. The summed E-state index contributed by atoms with van der Waals surface area (Å²) in [6.45, 7) is -0.204. The average Bonchev–Trinajstić information content (AvgIpc) is 4.04. The number of anilines is 6. The molecule has 2 unspecified atom stereocenters. The zero-order valence-corrected chi connectivity index (χ0v) is 35.9. The summed E-state index contributed by atoms with van der Waals surface area (Å²) in [5, 5.41) is 4.81. The van der Waals surface area contributed by atoms with E-state index in [1.165, 1.54) is 60.3 Å². The smallest absolute Gasteiger partial charge is 0.332 e. The SMILES string of the molecule is C1=CC2Oc3c(ccc4c5ccccc5n(B5c6ccccc6-n6c7ccc(N(c8ccccc8)c8ccccc8)cc7c7cc(N(c8ccccc8)c8ccccc8)cc5c76)c34)C2C=C1. The Labute approximate surface area is 383 Å². The summed E-state index contributed by atoms with van der Waals surface area (Å²) in [4.78, 5) is 4.78. The number of aromatic nitrogens is 2. The van der Waals surface area contributed by atoms with E-state index in [0.717, 1.165) is 45.4 Å². The van der Waals surface area contributed by atoms with Crippen LogP contribution in [-0.2, 0) is 0 Å². The minimum absolute atomic E-state index is 0.0379. The van der Waals surface area contributed by atoms with E-state index in [4.69, 9.17) is 4.74 Å². The number of allylic oxidation sites excluding steroid dienone is 2. The molecule has 0 amide bonds. The predicted molar refractivity (Wildman–Crippen MR) is 275 cm³/mol. The van der Waals surface area contributed by atoms with E-state index in [-0.39, 0.29) is 18.9 Å². The minimum atomic E-state index is -0.204. The summed E-state index contributed by atoms with van der Waals surface area (Å²) >= 11 is 0. The lowest BCUT2D eigenvalue weighted by Gasteiger charge is -2.31. The third-order valence-corrected chi connectivity index (χ3v) is 14.0. The molecule has 6 heteroatoms. The molecule has 2 atom stereocenters. The molecule has 2 aliphatic heterocycles. The van der Waals surface area contributed by atoms with Crippen molar-refractivity contribution in [2.75, 3.05) is 9.80 Å². The fourth-order valence-corrected chi connectivity index (χ4v) is 11.3. The molecule has 3 aliphatic rings. The van der Waals surface area contributed by atoms with Crippen molar-refractivity contribution < 1.29 is 4.74 Å². The molecule has 9 aromatic carbocycles. The molecule has 310 valence electrons. The molecule has 66 heavy (non-hydrogen) atoms. The highest BCUT2D eigenvalue weighted by molar-refractivity contribution is 6.88. The predicted octanol–water partition coefficient (Wildman–Crippen LogP) is 13.8. The second-order valence-corrected chi connectivity index (χ2v) is 17.6. The van der Waals surface area contributed by atoms with Gasteiger partial charge in [0, 0.05) is 78.4 Å². The van der Waals surface area contributed by atoms with Gasteiger partial charge in [-0.25, -0.2) is 0 Å². The monoisotopic (exact) mass is 844 g/mol. The van der Waals surface area contributed by atoms with Gasteiger partial charge >= 0.3 is 6.85 Å². The molecule has 1 aliphatic carbocycles. The van der Waals surface area contributed by atoms with Crippen molar-refractivity contribution in [1.29, 1.82) is 0 Å². The van der Waals surface area contributed by atoms with Crippen molar-refractivity contribution in [3.8, 4) is 11.4 Å². The fraction of sp³-hybridized carbons (Fsp3) is 0.0333. The standard InChI is InChI=1S/C60H41BN4O/c1-5-19-40(20-6-1)62(41-21-7-2-8-22-41)44-33-36-54-50(37-44)51-38-45(63(42-23-9-3-10-24-42)43-25-11-4-12-26-43)39-53-58(51)64(54)56-31-17-15-29-52(56)61(53)65-55-30-16-13-27-46(55)48-34-35-49-47-28-14-18-32-57(47)66-60(49)59(48)65/h1-39,47,57H. The van der Waals surface area contributed by atoms with Crippen molar-refractivity contribution in [1.82, 2.24) is 9.05 Å². The van der Waals surface area contributed by atoms with Gasteiger partial charge in [-0.15, -0.1) is 0 Å². The first-order chi connectivity index (χ1) is 32.8. The first kappa shape index (κ1) is 37.0. The number of ether oxygens (including phenoxy) is 1. The molecule has 4 heterocycles. The lowest BCUT2D eigenvalue weighted by molar-refractivity contribution is 0.271. The Hall–Kier alpha value is -8.48. The quantitative estimate of drug-likeness (QED) is 0.149. The molecular weight excluding hydrogens is 803 g/mol. The van der Waals surface area contributed by atoms with Crippen LogP contribution in [0.2, 0.25) is 0 Å². The number of para-hydroxylation sites is 6. The van der Waals surface area contributed by atoms with Crippen LogP contribution in [0.5, 0.6) is 5.75 Å². The minimum Gasteiger partial charge on any atom is -0.483 e. The van der Waals surface area contributed by atoms with Crippen LogP contribution >= 0.6 is 0 Å². The molecule has 2 aromatic heterocycles. The molecule has 0 saturated heterocycles. The van der Waals surface area contributed by atoms with E-state index < -0.39 is 0 Å². The summed E-state index contributed by atoms with van der Waals surface area (Å²) in [6.07, 6.45) is 8.74. The van der Waals surface area contributed by atoms with Crippen LogP contribution in [0.25, 0.3) is 49.3 Å². The molecule has 11 aromatic rings. The number of hydrogen-bond acceptors (Lipinski definition) is 3. The van der Waals surface area contributed by atoms with Gasteiger partial charge in [0.15, 0.2) is 0 Å². The van der Waals surface area contributed by atoms with Gasteiger partial charge in [-0.05, 0) is 108 Å². The highest BCUT2D eigenvalue weighted by Gasteiger charge is 2.40. The molecule has 0 bridgehead atoms. The number of nitrogens with zero attached hydrogens (tertiary/aromatic N) is 4. The molecule has 0 spiro atoms. The van der Waals surface area contributed by atoms with E-state index >= 15 is 0 Å². The lowest BCUT2D eigenvalue weighted by atomic mass is 9.48. The van der Waals surface area contributed by atoms with Crippen LogP contribution in [-0.4, -0.2) is 22.0 Å². The third kappa shape index (κ3) is 5.42. The van der Waals surface area contributed by atoms with E-state index in [2.05, 4.69) is 255 Å². The van der Waals surface area contributed by atoms with Crippen LogP contribution in [0.15, 0.2) is 237 Å². The molecule has 5 nitrogen and oxygen atoms in total. The molecule has 0 fully saturated rings. The summed E-state index contributed by atoms with van der Waals surface area (Å²) in [6, 6.07) is 77.5. The van der Waals surface area contributed by atoms with Crippen molar-refractivity contribution in [3.05, 3.63) is 242 Å². The van der Waals surface area contributed by atoms with Crippen LogP contribution < -0.4 is 25.5 Å². The first-order valence-corrected chi connectivity index (χ1v) is 22.9. The van der Waals surface area contributed by atoms with Crippen LogP contribution in [0.1, 0.15) is 11.5 Å². The Bertz CT molecular complexity index is 3690. The average molecular weight is 845 g/mol. The van der Waals surface area contributed by atoms with Gasteiger partial charge in [0.05, 0.1) is 16.6 Å². The molecular formula is C60H41BN4O. The van der Waals surface area contributed by atoms with E-state index in [9.17, 15) is 0 Å². The maximum atomic E-state index is 7.07. The summed E-state index contributed by atoms with van der Waals surface area (Å²) < 4.78 is 12.2. The number of fused-ring (bicyclic) bond motifs is 12. The lowest BCUT2D eigenvalue weighted by Crippen LogP contribution is -2.53. The Morgan fingerprint density at radius 2 is 1.00 bits per heavy atom. The fourth-order valence-electron chi connectivity index (χ4n) is 11.3. The second kappa shape index (κ2) is 14.5. The topological polar surface area (TPSA) is 25.6 Å². The van der Waals surface area contributed by atoms with Crippen LogP contribution in [0, 0.1) is 0 Å². The summed E-state index contributed by atoms with van der Waals surface area (Å²) in [7, 11) is 0. The highest BCUT2D eigenvalue weighted by Crippen LogP contribution is 2.49. The largest absolute Gasteiger partial charge is 0.483 e. The maximum absolute atomic E-state index is 7.07. The second-order valence-electron chi connectivity index (χ2n) is 17.6. The van der Waals surface area contributed by atoms with Gasteiger partial charge < -0.3 is 23.6 Å². The van der Waals surface area contributed by atoms with Crippen molar-refractivity contribution >= 4 is 95.5 Å². The first-order valence-electron chi connectivity index (χ1n) is 22.9. The third-order valence-electron chi connectivity index (χ3n) is 14.0. The summed E-state index contributed by atoms with van der Waals surface area (Å²) in [5.74, 6) is 1.15. The van der Waals surface area contributed by atoms with Gasteiger partial charge in [-0.1, -0.05) is 140 Å². The van der Waals surface area contributed by atoms with Crippen molar-refractivity contribution in [2.45, 2.75) is 12.0 Å². The number of rotatable bonds is 7. The Kier molecular flexibility index (Phi) is 8.13. The normalized spacial score (nSPS) is 15.5.